The number of aryl methyl sites for hydroxylation is 2. The van der Waals surface area contributed by atoms with Crippen molar-refractivity contribution in [1.82, 2.24) is 14.8 Å². The van der Waals surface area contributed by atoms with E-state index in [1.165, 1.54) is 6.26 Å². The maximum absolute atomic E-state index is 11.6. The molecule has 1 heterocycles. The molecule has 0 aliphatic carbocycles. The van der Waals surface area contributed by atoms with Crippen LogP contribution in [0, 0.1) is 13.8 Å². The average Bonchev–Trinajstić information content (AvgIpc) is 2.87. The van der Waals surface area contributed by atoms with Crippen LogP contribution in [0.2, 0.25) is 0 Å². The van der Waals surface area contributed by atoms with E-state index in [9.17, 15) is 8.42 Å². The van der Waals surface area contributed by atoms with Crippen LogP contribution in [0.5, 0.6) is 0 Å². The second-order valence-corrected chi connectivity index (χ2v) is 7.93. The van der Waals surface area contributed by atoms with Gasteiger partial charge in [0.25, 0.3) is 0 Å². The van der Waals surface area contributed by atoms with Crippen molar-refractivity contribution in [2.24, 2.45) is 0 Å². The lowest BCUT2D eigenvalue weighted by molar-refractivity contribution is 0.602. The molecule has 0 saturated carbocycles. The number of sulfone groups is 1. The van der Waals surface area contributed by atoms with Gasteiger partial charge in [-0.3, -0.25) is 0 Å². The Morgan fingerprint density at radius 1 is 1.04 bits per heavy atom. The lowest BCUT2D eigenvalue weighted by atomic mass is 10.1. The molecular weight excluding hydrogens is 322 g/mol. The van der Waals surface area contributed by atoms with E-state index >= 15 is 0 Å². The van der Waals surface area contributed by atoms with Gasteiger partial charge in [0.15, 0.2) is 9.84 Å². The highest BCUT2D eigenvalue weighted by molar-refractivity contribution is 7.90. The van der Waals surface area contributed by atoms with E-state index in [1.807, 2.05) is 48.9 Å². The molecule has 0 aliphatic rings. The molecule has 3 rings (SSSR count). The van der Waals surface area contributed by atoms with Gasteiger partial charge in [0.05, 0.1) is 10.6 Å². The van der Waals surface area contributed by atoms with Gasteiger partial charge in [-0.05, 0) is 49.2 Å². The van der Waals surface area contributed by atoms with Crippen LogP contribution >= 0.6 is 0 Å². The molecule has 0 unspecified atom stereocenters. The monoisotopic (exact) mass is 341 g/mol. The summed E-state index contributed by atoms with van der Waals surface area (Å²) in [4.78, 5) is 4.84. The average molecular weight is 341 g/mol. The molecule has 24 heavy (non-hydrogen) atoms. The largest absolute Gasteiger partial charge is 0.224 e. The maximum atomic E-state index is 11.6. The number of nitrogens with zero attached hydrogens (tertiary/aromatic N) is 3. The number of aromatic nitrogens is 3. The minimum Gasteiger partial charge on any atom is -0.224 e. The highest BCUT2D eigenvalue weighted by Gasteiger charge is 2.12. The van der Waals surface area contributed by atoms with Crippen LogP contribution in [0.4, 0.5) is 0 Å². The number of rotatable bonds is 4. The maximum Gasteiger partial charge on any atom is 0.175 e. The summed E-state index contributed by atoms with van der Waals surface area (Å²) >= 11 is 0. The van der Waals surface area contributed by atoms with Crippen molar-refractivity contribution in [3.63, 3.8) is 0 Å². The van der Waals surface area contributed by atoms with E-state index in [-0.39, 0.29) is 0 Å². The van der Waals surface area contributed by atoms with Gasteiger partial charge >= 0.3 is 0 Å². The van der Waals surface area contributed by atoms with E-state index < -0.39 is 9.84 Å². The van der Waals surface area contributed by atoms with Crippen molar-refractivity contribution in [3.05, 3.63) is 71.3 Å². The summed E-state index contributed by atoms with van der Waals surface area (Å²) in [7, 11) is -3.18. The van der Waals surface area contributed by atoms with Gasteiger partial charge in [-0.25, -0.2) is 18.1 Å². The Kier molecular flexibility index (Phi) is 4.24. The molecule has 0 spiro atoms. The minimum atomic E-state index is -3.18. The standard InChI is InChI=1S/C18H19N3O2S/c1-13-5-4-6-16(11-13)21-18(19-14(2)20-21)12-15-7-9-17(10-8-15)24(3,22)23/h4-11H,12H2,1-3H3. The summed E-state index contributed by atoms with van der Waals surface area (Å²) in [5, 5.41) is 4.48. The Morgan fingerprint density at radius 2 is 1.75 bits per heavy atom. The normalized spacial score (nSPS) is 11.6. The fraction of sp³-hybridized carbons (Fsp3) is 0.222. The first-order valence-corrected chi connectivity index (χ1v) is 9.50. The van der Waals surface area contributed by atoms with Crippen LogP contribution in [-0.4, -0.2) is 29.4 Å². The van der Waals surface area contributed by atoms with Crippen LogP contribution < -0.4 is 0 Å². The molecule has 5 nitrogen and oxygen atoms in total. The summed E-state index contributed by atoms with van der Waals surface area (Å²) < 4.78 is 24.9. The van der Waals surface area contributed by atoms with Crippen molar-refractivity contribution in [2.75, 3.05) is 6.26 Å². The van der Waals surface area contributed by atoms with Crippen LogP contribution in [0.3, 0.4) is 0 Å². The van der Waals surface area contributed by atoms with Gasteiger partial charge in [-0.15, -0.1) is 0 Å². The molecule has 124 valence electrons. The Bertz CT molecular complexity index is 974. The van der Waals surface area contributed by atoms with Crippen LogP contribution in [-0.2, 0) is 16.3 Å². The zero-order valence-corrected chi connectivity index (χ0v) is 14.7. The SMILES string of the molecule is Cc1cccc(-n2nc(C)nc2Cc2ccc(S(C)(=O)=O)cc2)c1. The topological polar surface area (TPSA) is 64.8 Å². The smallest absolute Gasteiger partial charge is 0.175 e. The van der Waals surface area contributed by atoms with E-state index in [4.69, 9.17) is 0 Å². The number of hydrogen-bond acceptors (Lipinski definition) is 4. The highest BCUT2D eigenvalue weighted by atomic mass is 32.2. The van der Waals surface area contributed by atoms with Crippen molar-refractivity contribution in [1.29, 1.82) is 0 Å². The van der Waals surface area contributed by atoms with Crippen LogP contribution in [0.15, 0.2) is 53.4 Å². The first kappa shape index (κ1) is 16.4. The Morgan fingerprint density at radius 3 is 2.38 bits per heavy atom. The van der Waals surface area contributed by atoms with Gasteiger partial charge in [0.2, 0.25) is 0 Å². The Hall–Kier alpha value is -2.47. The summed E-state index contributed by atoms with van der Waals surface area (Å²) in [5.41, 5.74) is 3.12. The molecule has 0 saturated heterocycles. The van der Waals surface area contributed by atoms with E-state index in [0.29, 0.717) is 17.1 Å². The predicted molar refractivity (Wildman–Crippen MR) is 93.2 cm³/mol. The fourth-order valence-corrected chi connectivity index (χ4v) is 3.21. The van der Waals surface area contributed by atoms with Crippen molar-refractivity contribution in [3.8, 4) is 5.69 Å². The van der Waals surface area contributed by atoms with Gasteiger partial charge in [-0.2, -0.15) is 5.10 Å². The highest BCUT2D eigenvalue weighted by Crippen LogP contribution is 2.17. The molecule has 0 atom stereocenters. The number of hydrogen-bond donors (Lipinski definition) is 0. The summed E-state index contributed by atoms with van der Waals surface area (Å²) in [6, 6.07) is 15.0. The van der Waals surface area contributed by atoms with Gasteiger partial charge in [-0.1, -0.05) is 24.3 Å². The van der Waals surface area contributed by atoms with Gasteiger partial charge in [0.1, 0.15) is 11.6 Å². The van der Waals surface area contributed by atoms with Crippen molar-refractivity contribution in [2.45, 2.75) is 25.2 Å². The zero-order chi connectivity index (χ0) is 17.3. The first-order valence-electron chi connectivity index (χ1n) is 7.61. The summed E-state index contributed by atoms with van der Waals surface area (Å²) in [5.74, 6) is 1.53. The third-order valence-electron chi connectivity index (χ3n) is 3.74. The molecule has 0 aliphatic heterocycles. The molecule has 0 N–H and O–H groups in total. The lowest BCUT2D eigenvalue weighted by Gasteiger charge is -2.07. The Labute approximate surface area is 141 Å². The quantitative estimate of drug-likeness (QED) is 0.732. The summed E-state index contributed by atoms with van der Waals surface area (Å²) in [6.45, 7) is 3.90. The summed E-state index contributed by atoms with van der Waals surface area (Å²) in [6.07, 6.45) is 1.79. The first-order chi connectivity index (χ1) is 11.3. The minimum absolute atomic E-state index is 0.322. The van der Waals surface area contributed by atoms with Crippen LogP contribution in [0.1, 0.15) is 22.8 Å². The second kappa shape index (κ2) is 6.20. The van der Waals surface area contributed by atoms with E-state index in [0.717, 1.165) is 22.6 Å². The predicted octanol–water partition coefficient (Wildman–Crippen LogP) is 2.88. The van der Waals surface area contributed by atoms with Crippen molar-refractivity contribution < 1.29 is 8.42 Å². The lowest BCUT2D eigenvalue weighted by Crippen LogP contribution is -2.04. The molecular formula is C18H19N3O2S. The molecule has 0 fully saturated rings. The molecule has 0 amide bonds. The molecule has 3 aromatic rings. The van der Waals surface area contributed by atoms with E-state index in [2.05, 4.69) is 16.1 Å². The van der Waals surface area contributed by atoms with Gasteiger partial charge < -0.3 is 0 Å². The molecule has 2 aromatic carbocycles. The molecule has 6 heteroatoms. The van der Waals surface area contributed by atoms with Crippen molar-refractivity contribution >= 4 is 9.84 Å². The third-order valence-corrected chi connectivity index (χ3v) is 4.87. The second-order valence-electron chi connectivity index (χ2n) is 5.92. The molecule has 1 aromatic heterocycles. The molecule has 0 radical (unpaired) electrons. The van der Waals surface area contributed by atoms with Crippen LogP contribution in [0.25, 0.3) is 5.69 Å². The molecule has 0 bridgehead atoms. The fourth-order valence-electron chi connectivity index (χ4n) is 2.58. The number of benzene rings is 2. The third kappa shape index (κ3) is 3.54. The Balaban J connectivity index is 1.94. The van der Waals surface area contributed by atoms with E-state index in [1.54, 1.807) is 12.1 Å². The van der Waals surface area contributed by atoms with Gasteiger partial charge in [0, 0.05) is 12.7 Å². The zero-order valence-electron chi connectivity index (χ0n) is 13.9.